The van der Waals surface area contributed by atoms with Crippen molar-refractivity contribution < 1.29 is 16.1 Å². The highest BCUT2D eigenvalue weighted by atomic mass is 16.3. The van der Waals surface area contributed by atoms with Gasteiger partial charge in [0.25, 0.3) is 5.91 Å². The molecule has 1 fully saturated rings. The van der Waals surface area contributed by atoms with Crippen LogP contribution in [0.25, 0.3) is 0 Å². The van der Waals surface area contributed by atoms with Crippen molar-refractivity contribution in [3.8, 4) is 0 Å². The number of fused-ring (bicyclic) bond motifs is 2. The SMILES string of the molecule is CCC(=O)c1ccc2n1CCN(C)C21CCN(C(=O)c2ccc(C(C)(C)O)c(C)c2)CC1.[HH]. The van der Waals surface area contributed by atoms with E-state index in [9.17, 15) is 14.7 Å². The molecule has 1 aromatic heterocycles. The van der Waals surface area contributed by atoms with Crippen LogP contribution in [0.1, 0.15) is 79.1 Å². The summed E-state index contributed by atoms with van der Waals surface area (Å²) in [7, 11) is 2.16. The van der Waals surface area contributed by atoms with Gasteiger partial charge < -0.3 is 14.6 Å². The Balaban J connectivity index is 0.00000306. The van der Waals surface area contributed by atoms with Gasteiger partial charge in [0.05, 0.1) is 16.8 Å². The number of likely N-dealkylation sites (N-methyl/N-ethyl adjacent to an activating group) is 1. The van der Waals surface area contributed by atoms with E-state index in [0.717, 1.165) is 42.8 Å². The van der Waals surface area contributed by atoms with Crippen LogP contribution in [-0.2, 0) is 17.7 Å². The fourth-order valence-corrected chi connectivity index (χ4v) is 5.58. The first-order valence-electron chi connectivity index (χ1n) is 11.7. The molecular formula is C26H37N3O3. The molecule has 0 bridgehead atoms. The number of hydrogen-bond acceptors (Lipinski definition) is 4. The number of hydrogen-bond donors (Lipinski definition) is 1. The molecule has 1 aromatic carbocycles. The summed E-state index contributed by atoms with van der Waals surface area (Å²) in [6.45, 7) is 10.5. The summed E-state index contributed by atoms with van der Waals surface area (Å²) in [6.07, 6.45) is 2.21. The fraction of sp³-hybridized carbons (Fsp3) is 0.538. The van der Waals surface area contributed by atoms with Gasteiger partial charge in [0.2, 0.25) is 0 Å². The third kappa shape index (κ3) is 3.69. The monoisotopic (exact) mass is 439 g/mol. The number of rotatable bonds is 4. The van der Waals surface area contributed by atoms with Gasteiger partial charge in [-0.15, -0.1) is 0 Å². The van der Waals surface area contributed by atoms with E-state index < -0.39 is 5.60 Å². The van der Waals surface area contributed by atoms with E-state index in [1.54, 1.807) is 13.8 Å². The molecule has 2 aliphatic heterocycles. The number of carbonyl (C=O) groups excluding carboxylic acids is 2. The van der Waals surface area contributed by atoms with Gasteiger partial charge in [-0.05, 0) is 76.1 Å². The molecule has 0 saturated carbocycles. The van der Waals surface area contributed by atoms with Crippen molar-refractivity contribution in [2.45, 2.75) is 64.6 Å². The second-order valence-electron chi connectivity index (χ2n) is 9.87. The molecular weight excluding hydrogens is 402 g/mol. The summed E-state index contributed by atoms with van der Waals surface area (Å²) in [4.78, 5) is 30.0. The zero-order chi connectivity index (χ0) is 23.3. The molecule has 6 nitrogen and oxygen atoms in total. The molecule has 0 radical (unpaired) electrons. The van der Waals surface area contributed by atoms with Crippen LogP contribution in [0.4, 0.5) is 0 Å². The van der Waals surface area contributed by atoms with Crippen LogP contribution in [0, 0.1) is 6.92 Å². The molecule has 1 N–H and O–H groups in total. The number of piperidine rings is 1. The van der Waals surface area contributed by atoms with Crippen molar-refractivity contribution in [3.05, 3.63) is 58.4 Å². The average Bonchev–Trinajstić information content (AvgIpc) is 3.20. The Morgan fingerprint density at radius 2 is 1.78 bits per heavy atom. The van der Waals surface area contributed by atoms with Crippen molar-refractivity contribution in [1.29, 1.82) is 0 Å². The van der Waals surface area contributed by atoms with Crippen LogP contribution in [0.5, 0.6) is 0 Å². The first-order valence-corrected chi connectivity index (χ1v) is 11.7. The van der Waals surface area contributed by atoms with E-state index in [4.69, 9.17) is 0 Å². The Hall–Kier alpha value is -2.44. The Kier molecular flexibility index (Phi) is 5.80. The molecule has 1 amide bonds. The predicted octanol–water partition coefficient (Wildman–Crippen LogP) is 3.94. The van der Waals surface area contributed by atoms with Crippen molar-refractivity contribution in [3.63, 3.8) is 0 Å². The van der Waals surface area contributed by atoms with Gasteiger partial charge in [0, 0.05) is 45.3 Å². The van der Waals surface area contributed by atoms with E-state index in [1.165, 1.54) is 5.69 Å². The second kappa shape index (κ2) is 8.16. The Morgan fingerprint density at radius 3 is 2.38 bits per heavy atom. The molecule has 2 aliphatic rings. The van der Waals surface area contributed by atoms with Gasteiger partial charge in [-0.1, -0.05) is 13.0 Å². The van der Waals surface area contributed by atoms with Gasteiger partial charge in [0.1, 0.15) is 0 Å². The molecule has 4 rings (SSSR count). The molecule has 3 heterocycles. The Morgan fingerprint density at radius 1 is 1.09 bits per heavy atom. The zero-order valence-electron chi connectivity index (χ0n) is 19.9. The highest BCUT2D eigenvalue weighted by Crippen LogP contribution is 2.41. The molecule has 174 valence electrons. The molecule has 32 heavy (non-hydrogen) atoms. The Labute approximate surface area is 192 Å². The van der Waals surface area contributed by atoms with E-state index in [1.807, 2.05) is 43.0 Å². The van der Waals surface area contributed by atoms with E-state index >= 15 is 0 Å². The fourth-order valence-electron chi connectivity index (χ4n) is 5.58. The minimum absolute atomic E-state index is 0. The normalized spacial score (nSPS) is 18.6. The molecule has 0 aliphatic carbocycles. The van der Waals surface area contributed by atoms with E-state index in [-0.39, 0.29) is 18.7 Å². The number of ketones is 1. The number of amides is 1. The quantitative estimate of drug-likeness (QED) is 0.733. The maximum atomic E-state index is 13.2. The molecule has 2 aromatic rings. The average molecular weight is 440 g/mol. The first kappa shape index (κ1) is 22.7. The number of carbonyl (C=O) groups is 2. The van der Waals surface area contributed by atoms with Gasteiger partial charge in [0.15, 0.2) is 5.78 Å². The Bertz CT molecular complexity index is 1050. The lowest BCUT2D eigenvalue weighted by atomic mass is 9.81. The zero-order valence-corrected chi connectivity index (χ0v) is 19.9. The van der Waals surface area contributed by atoms with Crippen LogP contribution in [0.15, 0.2) is 30.3 Å². The molecule has 1 spiro atoms. The van der Waals surface area contributed by atoms with Crippen molar-refractivity contribution >= 4 is 11.7 Å². The maximum absolute atomic E-state index is 13.2. The highest BCUT2D eigenvalue weighted by molar-refractivity contribution is 5.95. The number of likely N-dealkylation sites (tertiary alicyclic amines) is 1. The minimum Gasteiger partial charge on any atom is -0.386 e. The molecule has 0 atom stereocenters. The topological polar surface area (TPSA) is 65.8 Å². The largest absolute Gasteiger partial charge is 0.386 e. The van der Waals surface area contributed by atoms with Gasteiger partial charge in [-0.2, -0.15) is 0 Å². The van der Waals surface area contributed by atoms with Gasteiger partial charge in [-0.25, -0.2) is 0 Å². The van der Waals surface area contributed by atoms with Crippen LogP contribution in [-0.4, -0.2) is 57.8 Å². The lowest BCUT2D eigenvalue weighted by molar-refractivity contribution is 0.0127. The number of benzene rings is 1. The minimum atomic E-state index is -0.929. The van der Waals surface area contributed by atoms with Crippen LogP contribution in [0.2, 0.25) is 0 Å². The lowest BCUT2D eigenvalue weighted by Crippen LogP contribution is -2.56. The highest BCUT2D eigenvalue weighted by Gasteiger charge is 2.45. The van der Waals surface area contributed by atoms with Crippen molar-refractivity contribution in [2.75, 3.05) is 26.7 Å². The van der Waals surface area contributed by atoms with Crippen molar-refractivity contribution in [1.82, 2.24) is 14.4 Å². The van der Waals surface area contributed by atoms with Crippen LogP contribution < -0.4 is 0 Å². The summed E-state index contributed by atoms with van der Waals surface area (Å²) in [5.41, 5.74) is 3.39. The van der Waals surface area contributed by atoms with Gasteiger partial charge in [-0.3, -0.25) is 14.5 Å². The lowest BCUT2D eigenvalue weighted by Gasteiger charge is -2.50. The summed E-state index contributed by atoms with van der Waals surface area (Å²) in [6, 6.07) is 9.68. The number of nitrogens with zero attached hydrogens (tertiary/aromatic N) is 3. The maximum Gasteiger partial charge on any atom is 0.253 e. The summed E-state index contributed by atoms with van der Waals surface area (Å²) in [5.74, 6) is 0.231. The standard InChI is InChI=1S/C26H35N3O3.H2/c1-6-22(30)21-9-10-23-26(27(5)15-16-29(21)23)11-13-28(14-12-26)24(31)19-7-8-20(18(2)17-19)25(3,4)32;/h7-10,17,32H,6,11-16H2,1-5H3;1H. The number of Topliss-reactive ketones (excluding diaryl/α,β-unsaturated/α-hetero) is 1. The number of aromatic nitrogens is 1. The summed E-state index contributed by atoms with van der Waals surface area (Å²) >= 11 is 0. The molecule has 1 saturated heterocycles. The van der Waals surface area contributed by atoms with E-state index in [0.29, 0.717) is 25.1 Å². The first-order chi connectivity index (χ1) is 15.1. The van der Waals surface area contributed by atoms with Crippen LogP contribution >= 0.6 is 0 Å². The van der Waals surface area contributed by atoms with Crippen molar-refractivity contribution in [2.24, 2.45) is 0 Å². The molecule has 6 heteroatoms. The van der Waals surface area contributed by atoms with Crippen LogP contribution in [0.3, 0.4) is 0 Å². The third-order valence-corrected chi connectivity index (χ3v) is 7.46. The second-order valence-corrected chi connectivity index (χ2v) is 9.87. The molecule has 0 unspecified atom stereocenters. The number of aliphatic hydroxyl groups is 1. The third-order valence-electron chi connectivity index (χ3n) is 7.46. The summed E-state index contributed by atoms with van der Waals surface area (Å²) in [5, 5.41) is 10.3. The predicted molar refractivity (Wildman–Crippen MR) is 127 cm³/mol. The van der Waals surface area contributed by atoms with E-state index in [2.05, 4.69) is 22.6 Å². The smallest absolute Gasteiger partial charge is 0.253 e. The summed E-state index contributed by atoms with van der Waals surface area (Å²) < 4.78 is 2.21. The van der Waals surface area contributed by atoms with Gasteiger partial charge >= 0.3 is 0 Å². The number of aryl methyl sites for hydroxylation is 1.